The van der Waals surface area contributed by atoms with Crippen molar-refractivity contribution in [2.75, 3.05) is 31.5 Å². The molecule has 0 aliphatic carbocycles. The third-order valence-corrected chi connectivity index (χ3v) is 7.46. The average molecular weight is 494 g/mol. The van der Waals surface area contributed by atoms with Crippen molar-refractivity contribution in [3.8, 4) is 0 Å². The summed E-state index contributed by atoms with van der Waals surface area (Å²) >= 11 is 0. The van der Waals surface area contributed by atoms with E-state index in [1.54, 1.807) is 36.4 Å². The Labute approximate surface area is 212 Å². The van der Waals surface area contributed by atoms with Crippen molar-refractivity contribution in [1.29, 1.82) is 0 Å². The number of hydrogen-bond donors (Lipinski definition) is 1. The van der Waals surface area contributed by atoms with E-state index in [1.807, 2.05) is 11.0 Å². The van der Waals surface area contributed by atoms with E-state index in [2.05, 4.69) is 24.1 Å². The number of likely N-dealkylation sites (tertiary alicyclic amines) is 2. The SMILES string of the molecule is CC(=O)c1ccc(NC(=O)CN2CCC3(CC2)C[C@H](Cc2cccc(F)c2)N(CC(C)C)C3=O)cc1. The van der Waals surface area contributed by atoms with Gasteiger partial charge in [-0.25, -0.2) is 4.39 Å². The van der Waals surface area contributed by atoms with Crippen LogP contribution < -0.4 is 5.32 Å². The standard InChI is InChI=1S/C29H36FN3O3/c1-20(2)18-33-26(16-22-5-4-6-24(30)15-22)17-29(28(33)36)11-13-32(14-12-29)19-27(35)31-25-9-7-23(8-10-25)21(3)34/h4-10,15,20,26H,11-14,16-19H2,1-3H3,(H,31,35)/t26-/m0/s1. The van der Waals surface area contributed by atoms with E-state index in [0.717, 1.165) is 24.8 Å². The maximum absolute atomic E-state index is 13.8. The van der Waals surface area contributed by atoms with E-state index >= 15 is 0 Å². The van der Waals surface area contributed by atoms with Crippen molar-refractivity contribution in [3.05, 3.63) is 65.5 Å². The van der Waals surface area contributed by atoms with Crippen molar-refractivity contribution in [1.82, 2.24) is 9.80 Å². The molecule has 2 fully saturated rings. The van der Waals surface area contributed by atoms with Gasteiger partial charge in [0, 0.05) is 23.8 Å². The molecule has 2 aliphatic rings. The van der Waals surface area contributed by atoms with Gasteiger partial charge in [-0.1, -0.05) is 26.0 Å². The Morgan fingerprint density at radius 3 is 2.42 bits per heavy atom. The van der Waals surface area contributed by atoms with Crippen molar-refractivity contribution < 1.29 is 18.8 Å². The lowest BCUT2D eigenvalue weighted by Crippen LogP contribution is -2.47. The number of ketones is 1. The molecular weight excluding hydrogens is 457 g/mol. The summed E-state index contributed by atoms with van der Waals surface area (Å²) in [5.74, 6) is 0.203. The number of amides is 2. The van der Waals surface area contributed by atoms with Gasteiger partial charge in [0.25, 0.3) is 0 Å². The molecule has 0 bridgehead atoms. The summed E-state index contributed by atoms with van der Waals surface area (Å²) in [6.07, 6.45) is 2.88. The second-order valence-corrected chi connectivity index (χ2v) is 10.8. The Hall–Kier alpha value is -3.06. The zero-order chi connectivity index (χ0) is 25.9. The van der Waals surface area contributed by atoms with Crippen molar-refractivity contribution in [3.63, 3.8) is 0 Å². The highest BCUT2D eigenvalue weighted by Crippen LogP contribution is 2.45. The van der Waals surface area contributed by atoms with Crippen LogP contribution in [0, 0.1) is 17.2 Å². The Morgan fingerprint density at radius 2 is 1.81 bits per heavy atom. The van der Waals surface area contributed by atoms with E-state index in [0.29, 0.717) is 43.2 Å². The van der Waals surface area contributed by atoms with Crippen LogP contribution in [-0.4, -0.2) is 59.6 Å². The number of Topliss-reactive ketones (excluding diaryl/α,β-unsaturated/α-hetero) is 1. The maximum atomic E-state index is 13.8. The largest absolute Gasteiger partial charge is 0.339 e. The van der Waals surface area contributed by atoms with Gasteiger partial charge in [-0.15, -0.1) is 0 Å². The summed E-state index contributed by atoms with van der Waals surface area (Å²) in [6, 6.07) is 13.6. The molecule has 36 heavy (non-hydrogen) atoms. The summed E-state index contributed by atoms with van der Waals surface area (Å²) in [5.41, 5.74) is 1.79. The van der Waals surface area contributed by atoms with Crippen LogP contribution in [0.4, 0.5) is 10.1 Å². The molecule has 192 valence electrons. The number of halogens is 1. The van der Waals surface area contributed by atoms with Gasteiger partial charge in [0.15, 0.2) is 5.78 Å². The first-order chi connectivity index (χ1) is 17.1. The molecule has 0 unspecified atom stereocenters. The van der Waals surface area contributed by atoms with Gasteiger partial charge in [-0.05, 0) is 93.6 Å². The Kier molecular flexibility index (Phi) is 7.88. The fourth-order valence-corrected chi connectivity index (χ4v) is 5.61. The van der Waals surface area contributed by atoms with Gasteiger partial charge in [0.2, 0.25) is 11.8 Å². The molecule has 0 aromatic heterocycles. The molecule has 0 radical (unpaired) electrons. The zero-order valence-electron chi connectivity index (χ0n) is 21.4. The molecule has 4 rings (SSSR count). The fourth-order valence-electron chi connectivity index (χ4n) is 5.61. The summed E-state index contributed by atoms with van der Waals surface area (Å²) in [6.45, 7) is 8.09. The minimum absolute atomic E-state index is 0.0123. The second-order valence-electron chi connectivity index (χ2n) is 10.8. The number of benzene rings is 2. The molecule has 2 aromatic carbocycles. The molecule has 0 saturated carbocycles. The van der Waals surface area contributed by atoms with E-state index < -0.39 is 5.41 Å². The van der Waals surface area contributed by atoms with Gasteiger partial charge in [-0.2, -0.15) is 0 Å². The number of carbonyl (C=O) groups is 3. The van der Waals surface area contributed by atoms with Crippen LogP contribution in [0.1, 0.15) is 56.0 Å². The monoisotopic (exact) mass is 493 g/mol. The fraction of sp³-hybridized carbons (Fsp3) is 0.483. The third-order valence-electron chi connectivity index (χ3n) is 7.46. The molecule has 2 aliphatic heterocycles. The number of anilines is 1. The van der Waals surface area contributed by atoms with Gasteiger partial charge < -0.3 is 10.2 Å². The zero-order valence-corrected chi connectivity index (χ0v) is 21.4. The molecule has 1 spiro atoms. The van der Waals surface area contributed by atoms with E-state index in [-0.39, 0.29) is 36.0 Å². The minimum atomic E-state index is -0.400. The van der Waals surface area contributed by atoms with E-state index in [9.17, 15) is 18.8 Å². The lowest BCUT2D eigenvalue weighted by Gasteiger charge is -2.37. The highest BCUT2D eigenvalue weighted by Gasteiger charge is 2.52. The molecular formula is C29H36FN3O3. The van der Waals surface area contributed by atoms with Crippen LogP contribution in [-0.2, 0) is 16.0 Å². The molecule has 2 heterocycles. The van der Waals surface area contributed by atoms with Gasteiger partial charge in [0.1, 0.15) is 5.82 Å². The Bertz CT molecular complexity index is 1110. The molecule has 6 nitrogen and oxygen atoms in total. The predicted octanol–water partition coefficient (Wildman–Crippen LogP) is 4.55. The number of rotatable bonds is 8. The van der Waals surface area contributed by atoms with E-state index in [1.165, 1.54) is 13.0 Å². The van der Waals surface area contributed by atoms with Crippen LogP contribution in [0.15, 0.2) is 48.5 Å². The van der Waals surface area contributed by atoms with E-state index in [4.69, 9.17) is 0 Å². The van der Waals surface area contributed by atoms with Crippen LogP contribution in [0.3, 0.4) is 0 Å². The summed E-state index contributed by atoms with van der Waals surface area (Å²) < 4.78 is 13.8. The average Bonchev–Trinajstić information content (AvgIpc) is 3.06. The third kappa shape index (κ3) is 6.01. The predicted molar refractivity (Wildman–Crippen MR) is 138 cm³/mol. The summed E-state index contributed by atoms with van der Waals surface area (Å²) in [5, 5.41) is 2.90. The Balaban J connectivity index is 1.36. The maximum Gasteiger partial charge on any atom is 0.238 e. The van der Waals surface area contributed by atoms with Crippen molar-refractivity contribution in [2.45, 2.75) is 52.5 Å². The first-order valence-electron chi connectivity index (χ1n) is 12.8. The van der Waals surface area contributed by atoms with Crippen LogP contribution >= 0.6 is 0 Å². The minimum Gasteiger partial charge on any atom is -0.339 e. The quantitative estimate of drug-likeness (QED) is 0.548. The topological polar surface area (TPSA) is 69.7 Å². The number of carbonyl (C=O) groups excluding carboxylic acids is 3. The van der Waals surface area contributed by atoms with Crippen molar-refractivity contribution in [2.24, 2.45) is 11.3 Å². The molecule has 1 N–H and O–H groups in total. The number of nitrogens with one attached hydrogen (secondary N) is 1. The van der Waals surface area contributed by atoms with Crippen LogP contribution in [0.2, 0.25) is 0 Å². The van der Waals surface area contributed by atoms with Gasteiger partial charge >= 0.3 is 0 Å². The molecule has 2 aromatic rings. The first-order valence-corrected chi connectivity index (χ1v) is 12.8. The second kappa shape index (κ2) is 10.9. The first kappa shape index (κ1) is 26.0. The number of piperidine rings is 1. The summed E-state index contributed by atoms with van der Waals surface area (Å²) in [4.78, 5) is 41.8. The van der Waals surface area contributed by atoms with Crippen molar-refractivity contribution >= 4 is 23.3 Å². The van der Waals surface area contributed by atoms with Gasteiger partial charge in [-0.3, -0.25) is 19.3 Å². The molecule has 2 amide bonds. The highest BCUT2D eigenvalue weighted by atomic mass is 19.1. The number of hydrogen-bond acceptors (Lipinski definition) is 4. The Morgan fingerprint density at radius 1 is 1.11 bits per heavy atom. The smallest absolute Gasteiger partial charge is 0.238 e. The van der Waals surface area contributed by atoms with Gasteiger partial charge in [0.05, 0.1) is 12.0 Å². The van der Waals surface area contributed by atoms with Crippen LogP contribution in [0.25, 0.3) is 0 Å². The molecule has 2 saturated heterocycles. The lowest BCUT2D eigenvalue weighted by molar-refractivity contribution is -0.139. The molecule has 7 heteroatoms. The molecule has 1 atom stereocenters. The lowest BCUT2D eigenvalue weighted by atomic mass is 9.75. The van der Waals surface area contributed by atoms with Crippen LogP contribution in [0.5, 0.6) is 0 Å². The normalized spacial score (nSPS) is 19.8. The highest BCUT2D eigenvalue weighted by molar-refractivity contribution is 5.96. The summed E-state index contributed by atoms with van der Waals surface area (Å²) in [7, 11) is 0. The number of nitrogens with zero attached hydrogens (tertiary/aromatic N) is 2.